The lowest BCUT2D eigenvalue weighted by Crippen LogP contribution is -2.48. The number of halogens is 2. The van der Waals surface area contributed by atoms with E-state index in [0.717, 1.165) is 24.7 Å². The summed E-state index contributed by atoms with van der Waals surface area (Å²) in [6.07, 6.45) is 3.15. The Balaban J connectivity index is 1.73. The third-order valence-corrected chi connectivity index (χ3v) is 8.06. The standard InChI is InChI=1S/C26H33Cl2N3O6S/c1-4-5-12-29-26(33)18(2)30(16-19-8-10-21(27)22(28)14-19)25(32)7-6-13-31(38(3,34)35)20-9-11-23-24(15-20)37-17-36-23/h8-11,14-15,18H,4-7,12-13,16-17H2,1-3H3,(H,29,33)/t18-/m1/s1. The number of carbonyl (C=O) groups excluding carboxylic acids is 2. The first-order valence-electron chi connectivity index (χ1n) is 12.4. The molecule has 1 aliphatic rings. The fourth-order valence-electron chi connectivity index (χ4n) is 4.00. The van der Waals surface area contributed by atoms with Gasteiger partial charge >= 0.3 is 0 Å². The third kappa shape index (κ3) is 7.91. The van der Waals surface area contributed by atoms with E-state index in [2.05, 4.69) is 5.32 Å². The zero-order chi connectivity index (χ0) is 27.9. The van der Waals surface area contributed by atoms with Gasteiger partial charge in [-0.25, -0.2) is 8.42 Å². The van der Waals surface area contributed by atoms with Crippen molar-refractivity contribution in [2.45, 2.75) is 52.1 Å². The van der Waals surface area contributed by atoms with Gasteiger partial charge < -0.3 is 19.7 Å². The molecule has 1 N–H and O–H groups in total. The van der Waals surface area contributed by atoms with Gasteiger partial charge in [-0.1, -0.05) is 42.6 Å². The monoisotopic (exact) mass is 585 g/mol. The lowest BCUT2D eigenvalue weighted by atomic mass is 10.1. The van der Waals surface area contributed by atoms with Crippen LogP contribution in [-0.4, -0.2) is 57.3 Å². The number of carbonyl (C=O) groups is 2. The zero-order valence-electron chi connectivity index (χ0n) is 21.7. The van der Waals surface area contributed by atoms with Crippen molar-refractivity contribution in [3.8, 4) is 11.5 Å². The molecular weight excluding hydrogens is 553 g/mol. The first-order valence-corrected chi connectivity index (χ1v) is 15.0. The minimum absolute atomic E-state index is 0.0322. The highest BCUT2D eigenvalue weighted by Gasteiger charge is 2.27. The first kappa shape index (κ1) is 29.9. The summed E-state index contributed by atoms with van der Waals surface area (Å²) in [5, 5.41) is 3.61. The summed E-state index contributed by atoms with van der Waals surface area (Å²) < 4.78 is 37.0. The fourth-order valence-corrected chi connectivity index (χ4v) is 5.28. The van der Waals surface area contributed by atoms with Crippen LogP contribution in [0.15, 0.2) is 36.4 Å². The van der Waals surface area contributed by atoms with Crippen molar-refractivity contribution in [3.05, 3.63) is 52.0 Å². The van der Waals surface area contributed by atoms with Crippen LogP contribution in [0.5, 0.6) is 11.5 Å². The average Bonchev–Trinajstić information content (AvgIpc) is 3.34. The second kappa shape index (κ2) is 13.4. The van der Waals surface area contributed by atoms with Crippen LogP contribution in [0.25, 0.3) is 0 Å². The van der Waals surface area contributed by atoms with E-state index in [0.29, 0.717) is 33.8 Å². The highest BCUT2D eigenvalue weighted by atomic mass is 35.5. The summed E-state index contributed by atoms with van der Waals surface area (Å²) in [5.74, 6) is 0.461. The summed E-state index contributed by atoms with van der Waals surface area (Å²) in [7, 11) is -3.63. The molecule has 0 saturated heterocycles. The second-order valence-electron chi connectivity index (χ2n) is 9.07. The quantitative estimate of drug-likeness (QED) is 0.344. The van der Waals surface area contributed by atoms with Gasteiger partial charge in [-0.05, 0) is 49.6 Å². The third-order valence-electron chi connectivity index (χ3n) is 6.13. The lowest BCUT2D eigenvalue weighted by Gasteiger charge is -2.29. The Morgan fingerprint density at radius 1 is 1.05 bits per heavy atom. The molecule has 2 aromatic carbocycles. The maximum Gasteiger partial charge on any atom is 0.242 e. The number of benzene rings is 2. The summed E-state index contributed by atoms with van der Waals surface area (Å²) >= 11 is 12.2. The van der Waals surface area contributed by atoms with Crippen LogP contribution in [0.1, 0.15) is 45.1 Å². The summed E-state index contributed by atoms with van der Waals surface area (Å²) in [6, 6.07) is 9.20. The summed E-state index contributed by atoms with van der Waals surface area (Å²) in [4.78, 5) is 27.7. The number of unbranched alkanes of at least 4 members (excludes halogenated alkanes) is 1. The molecule has 2 amide bonds. The predicted octanol–water partition coefficient (Wildman–Crippen LogP) is 4.60. The first-order chi connectivity index (χ1) is 18.0. The molecule has 0 spiro atoms. The molecule has 1 aliphatic heterocycles. The van der Waals surface area contributed by atoms with Gasteiger partial charge in [0.15, 0.2) is 11.5 Å². The molecule has 1 heterocycles. The van der Waals surface area contributed by atoms with Gasteiger partial charge in [-0.2, -0.15) is 0 Å². The van der Waals surface area contributed by atoms with Crippen LogP contribution >= 0.6 is 23.2 Å². The Hall–Kier alpha value is -2.69. The van der Waals surface area contributed by atoms with Gasteiger partial charge in [-0.15, -0.1) is 0 Å². The van der Waals surface area contributed by atoms with E-state index < -0.39 is 16.1 Å². The topological polar surface area (TPSA) is 105 Å². The lowest BCUT2D eigenvalue weighted by molar-refractivity contribution is -0.140. The molecule has 0 aromatic heterocycles. The highest BCUT2D eigenvalue weighted by molar-refractivity contribution is 7.92. The van der Waals surface area contributed by atoms with E-state index in [1.807, 2.05) is 6.92 Å². The van der Waals surface area contributed by atoms with Crippen LogP contribution < -0.4 is 19.1 Å². The summed E-state index contributed by atoms with van der Waals surface area (Å²) in [6.45, 7) is 4.52. The zero-order valence-corrected chi connectivity index (χ0v) is 24.0. The highest BCUT2D eigenvalue weighted by Crippen LogP contribution is 2.36. The Morgan fingerprint density at radius 3 is 2.47 bits per heavy atom. The van der Waals surface area contributed by atoms with E-state index in [-0.39, 0.29) is 44.5 Å². The maximum atomic E-state index is 13.4. The van der Waals surface area contributed by atoms with Gasteiger partial charge in [0.25, 0.3) is 0 Å². The number of anilines is 1. The van der Waals surface area contributed by atoms with Crippen molar-refractivity contribution in [1.29, 1.82) is 0 Å². The summed E-state index contributed by atoms with van der Waals surface area (Å²) in [5.41, 5.74) is 1.14. The molecule has 38 heavy (non-hydrogen) atoms. The molecule has 2 aromatic rings. The predicted molar refractivity (Wildman–Crippen MR) is 148 cm³/mol. The van der Waals surface area contributed by atoms with Crippen LogP contribution in [-0.2, 0) is 26.2 Å². The number of hydrogen-bond donors (Lipinski definition) is 1. The Labute approximate surface area is 234 Å². The number of amides is 2. The molecule has 0 bridgehead atoms. The molecule has 1 atom stereocenters. The molecular formula is C26H33Cl2N3O6S. The molecule has 0 unspecified atom stereocenters. The van der Waals surface area contributed by atoms with E-state index in [1.54, 1.807) is 43.3 Å². The van der Waals surface area contributed by atoms with Crippen molar-refractivity contribution in [2.24, 2.45) is 0 Å². The van der Waals surface area contributed by atoms with Crippen molar-refractivity contribution in [1.82, 2.24) is 10.2 Å². The average molecular weight is 587 g/mol. The number of nitrogens with zero attached hydrogens (tertiary/aromatic N) is 2. The Morgan fingerprint density at radius 2 is 1.79 bits per heavy atom. The second-order valence-corrected chi connectivity index (χ2v) is 11.8. The van der Waals surface area contributed by atoms with Crippen LogP contribution in [0, 0.1) is 0 Å². The van der Waals surface area contributed by atoms with E-state index in [9.17, 15) is 18.0 Å². The van der Waals surface area contributed by atoms with Gasteiger partial charge in [-0.3, -0.25) is 13.9 Å². The maximum absolute atomic E-state index is 13.4. The molecule has 0 saturated carbocycles. The van der Waals surface area contributed by atoms with Crippen LogP contribution in [0.3, 0.4) is 0 Å². The number of nitrogens with one attached hydrogen (secondary N) is 1. The molecule has 3 rings (SSSR count). The van der Waals surface area contributed by atoms with Crippen molar-refractivity contribution in [3.63, 3.8) is 0 Å². The van der Waals surface area contributed by atoms with Crippen molar-refractivity contribution < 1.29 is 27.5 Å². The molecule has 0 fully saturated rings. The van der Waals surface area contributed by atoms with Gasteiger partial charge in [0.05, 0.1) is 22.0 Å². The normalized spacial score (nSPS) is 13.2. The van der Waals surface area contributed by atoms with Gasteiger partial charge in [0, 0.05) is 32.1 Å². The number of sulfonamides is 1. The SMILES string of the molecule is CCCCNC(=O)[C@@H](C)N(Cc1ccc(Cl)c(Cl)c1)C(=O)CCCN(c1ccc2c(c1)OCO2)S(C)(=O)=O. The molecule has 208 valence electrons. The van der Waals surface area contributed by atoms with E-state index in [4.69, 9.17) is 32.7 Å². The molecule has 0 aliphatic carbocycles. The van der Waals surface area contributed by atoms with Gasteiger partial charge in [0.2, 0.25) is 28.6 Å². The fraction of sp³-hybridized carbons (Fsp3) is 0.462. The Bertz CT molecular complexity index is 1260. The number of hydrogen-bond acceptors (Lipinski definition) is 6. The van der Waals surface area contributed by atoms with Crippen molar-refractivity contribution in [2.75, 3.05) is 30.4 Å². The smallest absolute Gasteiger partial charge is 0.242 e. The van der Waals surface area contributed by atoms with E-state index >= 15 is 0 Å². The molecule has 12 heteroatoms. The van der Waals surface area contributed by atoms with Crippen LogP contribution in [0.4, 0.5) is 5.69 Å². The number of ether oxygens (including phenoxy) is 2. The van der Waals surface area contributed by atoms with Crippen molar-refractivity contribution >= 4 is 50.7 Å². The van der Waals surface area contributed by atoms with Crippen LogP contribution in [0.2, 0.25) is 10.0 Å². The molecule has 0 radical (unpaired) electrons. The Kier molecular flexibility index (Phi) is 10.5. The molecule has 9 nitrogen and oxygen atoms in total. The minimum Gasteiger partial charge on any atom is -0.454 e. The van der Waals surface area contributed by atoms with Gasteiger partial charge in [0.1, 0.15) is 6.04 Å². The minimum atomic E-state index is -3.63. The largest absolute Gasteiger partial charge is 0.454 e. The number of rotatable bonds is 13. The van der Waals surface area contributed by atoms with E-state index in [1.165, 1.54) is 9.21 Å². The number of fused-ring (bicyclic) bond motifs is 1.